The Morgan fingerprint density at radius 2 is 0.895 bits per heavy atom. The van der Waals surface area contributed by atoms with Crippen molar-refractivity contribution in [1.82, 2.24) is 0 Å². The minimum atomic E-state index is -0.0761. The van der Waals surface area contributed by atoms with E-state index in [9.17, 15) is 0 Å². The van der Waals surface area contributed by atoms with Gasteiger partial charge in [0.1, 0.15) is 0 Å². The van der Waals surface area contributed by atoms with Gasteiger partial charge in [-0.1, -0.05) is 109 Å². The van der Waals surface area contributed by atoms with E-state index in [2.05, 4.69) is 127 Å². The van der Waals surface area contributed by atoms with Crippen LogP contribution in [0.1, 0.15) is 76.3 Å². The zero-order chi connectivity index (χ0) is 26.4. The summed E-state index contributed by atoms with van der Waals surface area (Å²) in [6, 6.07) is 30.8. The summed E-state index contributed by atoms with van der Waals surface area (Å²) in [6.45, 7) is 16.7. The summed E-state index contributed by atoms with van der Waals surface area (Å²) >= 11 is 0. The molecule has 0 saturated heterocycles. The van der Waals surface area contributed by atoms with E-state index >= 15 is 0 Å². The van der Waals surface area contributed by atoms with Gasteiger partial charge in [0.05, 0.1) is 0 Å². The standard InChI is InChI=1S/C38H34/c1-36(2,3)23-16-21-18-30-33-26(24-12-8-10-14-28(24)37(30,4)5)20-27-25-13-9-11-15-29(25)38(6,7)31-19-22(17-23)32(21)35(33)34(27)31/h8-20H,1-7H3. The highest BCUT2D eigenvalue weighted by Crippen LogP contribution is 2.58. The number of hydrogen-bond acceptors (Lipinski definition) is 0. The van der Waals surface area contributed by atoms with Crippen LogP contribution in [-0.4, -0.2) is 0 Å². The molecule has 8 rings (SSSR count). The van der Waals surface area contributed by atoms with Crippen molar-refractivity contribution in [1.29, 1.82) is 0 Å². The molecule has 0 spiro atoms. The number of rotatable bonds is 0. The first kappa shape index (κ1) is 22.4. The molecule has 0 aromatic heterocycles. The molecular formula is C38H34. The minimum Gasteiger partial charge on any atom is -0.0619 e. The van der Waals surface area contributed by atoms with Crippen molar-refractivity contribution in [3.63, 3.8) is 0 Å². The molecule has 0 aliphatic heterocycles. The summed E-state index contributed by atoms with van der Waals surface area (Å²) in [5.41, 5.74) is 12.7. The molecule has 0 radical (unpaired) electrons. The quantitative estimate of drug-likeness (QED) is 0.186. The van der Waals surface area contributed by atoms with Crippen LogP contribution in [0.15, 0.2) is 78.9 Å². The Bertz CT molecular complexity index is 1860. The van der Waals surface area contributed by atoms with E-state index in [-0.39, 0.29) is 16.2 Å². The van der Waals surface area contributed by atoms with E-state index in [1.165, 1.54) is 82.4 Å². The van der Waals surface area contributed by atoms with Crippen LogP contribution in [0.25, 0.3) is 54.6 Å². The average Bonchev–Trinajstić information content (AvgIpc) is 2.89. The zero-order valence-electron chi connectivity index (χ0n) is 23.5. The molecule has 0 atom stereocenters. The second-order valence-corrected chi connectivity index (χ2v) is 13.8. The van der Waals surface area contributed by atoms with Crippen molar-refractivity contribution in [2.75, 3.05) is 0 Å². The first-order valence-electron chi connectivity index (χ1n) is 14.0. The number of benzene rings is 6. The number of hydrogen-bond donors (Lipinski definition) is 0. The second-order valence-electron chi connectivity index (χ2n) is 13.8. The Morgan fingerprint density at radius 3 is 1.34 bits per heavy atom. The lowest BCUT2D eigenvalue weighted by Crippen LogP contribution is -2.26. The van der Waals surface area contributed by atoms with Crippen molar-refractivity contribution >= 4 is 32.3 Å². The van der Waals surface area contributed by atoms with Gasteiger partial charge >= 0.3 is 0 Å². The van der Waals surface area contributed by atoms with Gasteiger partial charge in [0, 0.05) is 10.8 Å². The molecule has 0 heterocycles. The summed E-state index contributed by atoms with van der Waals surface area (Å²) in [5, 5.41) is 8.60. The van der Waals surface area contributed by atoms with Gasteiger partial charge in [-0.2, -0.15) is 0 Å². The van der Waals surface area contributed by atoms with Crippen LogP contribution in [0.2, 0.25) is 0 Å². The first-order valence-corrected chi connectivity index (χ1v) is 14.0. The molecule has 0 fully saturated rings. The van der Waals surface area contributed by atoms with Crippen molar-refractivity contribution in [2.45, 2.75) is 64.7 Å². The maximum absolute atomic E-state index is 2.53. The second kappa shape index (κ2) is 6.67. The van der Waals surface area contributed by atoms with Crippen LogP contribution < -0.4 is 0 Å². The summed E-state index contributed by atoms with van der Waals surface area (Å²) in [6.07, 6.45) is 0. The van der Waals surface area contributed by atoms with Gasteiger partial charge in [-0.3, -0.25) is 0 Å². The molecular weight excluding hydrogens is 456 g/mol. The van der Waals surface area contributed by atoms with Crippen LogP contribution in [0.3, 0.4) is 0 Å². The number of fused-ring (bicyclic) bond motifs is 4. The Labute approximate surface area is 225 Å². The highest BCUT2D eigenvalue weighted by molar-refractivity contribution is 6.31. The molecule has 2 aliphatic rings. The molecule has 0 amide bonds. The average molecular weight is 491 g/mol. The van der Waals surface area contributed by atoms with E-state index < -0.39 is 0 Å². The van der Waals surface area contributed by atoms with Crippen molar-refractivity contribution in [3.8, 4) is 22.3 Å². The van der Waals surface area contributed by atoms with Gasteiger partial charge in [-0.05, 0) is 106 Å². The molecule has 0 heteroatoms. The van der Waals surface area contributed by atoms with Crippen molar-refractivity contribution in [3.05, 3.63) is 107 Å². The van der Waals surface area contributed by atoms with Crippen LogP contribution >= 0.6 is 0 Å². The molecule has 0 unspecified atom stereocenters. The van der Waals surface area contributed by atoms with Gasteiger partial charge in [0.25, 0.3) is 0 Å². The van der Waals surface area contributed by atoms with Crippen LogP contribution in [0, 0.1) is 0 Å². The first-order chi connectivity index (χ1) is 18.0. The van der Waals surface area contributed by atoms with E-state index in [1.807, 2.05) is 0 Å². The SMILES string of the molecule is CC(C)(C)c1cc2cc3c4c(cc5c6c(cc(c1)c2c46)C(C)(C)c1ccccc1-5)-c1ccccc1C3(C)C. The Morgan fingerprint density at radius 1 is 0.447 bits per heavy atom. The fourth-order valence-electron chi connectivity index (χ4n) is 7.81. The topological polar surface area (TPSA) is 0 Å². The van der Waals surface area contributed by atoms with Crippen molar-refractivity contribution < 1.29 is 0 Å². The van der Waals surface area contributed by atoms with Gasteiger partial charge in [-0.25, -0.2) is 0 Å². The van der Waals surface area contributed by atoms with E-state index in [0.717, 1.165) is 0 Å². The summed E-state index contributed by atoms with van der Waals surface area (Å²) < 4.78 is 0. The Hall–Kier alpha value is -3.64. The fourth-order valence-corrected chi connectivity index (χ4v) is 7.81. The van der Waals surface area contributed by atoms with Crippen LogP contribution in [-0.2, 0) is 16.2 Å². The third kappa shape index (κ3) is 2.52. The third-order valence-corrected chi connectivity index (χ3v) is 9.91. The summed E-state index contributed by atoms with van der Waals surface area (Å²) in [7, 11) is 0. The molecule has 38 heavy (non-hydrogen) atoms. The molecule has 6 aromatic carbocycles. The smallest absolute Gasteiger partial charge is 0.0159 e. The largest absolute Gasteiger partial charge is 0.0619 e. The normalized spacial score (nSPS) is 16.7. The molecule has 0 N–H and O–H groups in total. The zero-order valence-corrected chi connectivity index (χ0v) is 23.5. The Kier molecular flexibility index (Phi) is 3.92. The summed E-state index contributed by atoms with van der Waals surface area (Å²) in [4.78, 5) is 0. The predicted molar refractivity (Wildman–Crippen MR) is 164 cm³/mol. The predicted octanol–water partition coefficient (Wildman–Crippen LogP) is 10.5. The highest BCUT2D eigenvalue weighted by Gasteiger charge is 2.39. The van der Waals surface area contributed by atoms with Crippen LogP contribution in [0.5, 0.6) is 0 Å². The molecule has 186 valence electrons. The monoisotopic (exact) mass is 490 g/mol. The molecule has 0 nitrogen and oxygen atoms in total. The molecule has 2 aliphatic carbocycles. The lowest BCUT2D eigenvalue weighted by atomic mass is 9.63. The minimum absolute atomic E-state index is 0.0761. The van der Waals surface area contributed by atoms with Crippen molar-refractivity contribution in [2.24, 2.45) is 0 Å². The van der Waals surface area contributed by atoms with Crippen LogP contribution in [0.4, 0.5) is 0 Å². The summed E-state index contributed by atoms with van der Waals surface area (Å²) in [5.74, 6) is 0. The lowest BCUT2D eigenvalue weighted by molar-refractivity contribution is 0.591. The van der Waals surface area contributed by atoms with E-state index in [0.29, 0.717) is 0 Å². The van der Waals surface area contributed by atoms with Gasteiger partial charge in [-0.15, -0.1) is 0 Å². The third-order valence-electron chi connectivity index (χ3n) is 9.91. The Balaban J connectivity index is 1.71. The van der Waals surface area contributed by atoms with Gasteiger partial charge in [0.15, 0.2) is 0 Å². The van der Waals surface area contributed by atoms with E-state index in [4.69, 9.17) is 0 Å². The van der Waals surface area contributed by atoms with E-state index in [1.54, 1.807) is 0 Å². The maximum atomic E-state index is 2.53. The van der Waals surface area contributed by atoms with Gasteiger partial charge in [0.2, 0.25) is 0 Å². The van der Waals surface area contributed by atoms with Gasteiger partial charge < -0.3 is 0 Å². The molecule has 0 bridgehead atoms. The fraction of sp³-hybridized carbons (Fsp3) is 0.263. The lowest BCUT2D eigenvalue weighted by Gasteiger charge is -2.40. The molecule has 0 saturated carbocycles. The molecule has 6 aromatic rings. The highest BCUT2D eigenvalue weighted by atomic mass is 14.4. The maximum Gasteiger partial charge on any atom is 0.0159 e.